The number of benzene rings is 2. The van der Waals surface area contributed by atoms with Gasteiger partial charge in [-0.25, -0.2) is 4.79 Å². The molecule has 148 valence electrons. The van der Waals surface area contributed by atoms with E-state index in [1.807, 2.05) is 36.4 Å². The highest BCUT2D eigenvalue weighted by Gasteiger charge is 2.24. The normalized spacial score (nSPS) is 16.9. The number of rotatable bonds is 4. The molecule has 0 aliphatic heterocycles. The van der Waals surface area contributed by atoms with Crippen LogP contribution in [-0.2, 0) is 14.3 Å². The first-order valence-corrected chi connectivity index (χ1v) is 10.0. The molecule has 3 nitrogen and oxygen atoms in total. The van der Waals surface area contributed by atoms with Crippen molar-refractivity contribution < 1.29 is 14.3 Å². The number of ether oxygens (including phenoxy) is 1. The Morgan fingerprint density at radius 2 is 1.34 bits per heavy atom. The van der Waals surface area contributed by atoms with Gasteiger partial charge in [0.15, 0.2) is 5.78 Å². The van der Waals surface area contributed by atoms with Gasteiger partial charge in [-0.05, 0) is 67.3 Å². The van der Waals surface area contributed by atoms with Crippen molar-refractivity contribution in [2.24, 2.45) is 0 Å². The Morgan fingerprint density at radius 1 is 0.897 bits per heavy atom. The molecule has 0 bridgehead atoms. The van der Waals surface area contributed by atoms with Gasteiger partial charge in [0, 0.05) is 27.3 Å². The fraction of sp³-hybridized carbons (Fsp3) is 0.167. The summed E-state index contributed by atoms with van der Waals surface area (Å²) in [5.74, 6) is -0.426. The van der Waals surface area contributed by atoms with Crippen molar-refractivity contribution in [3.8, 4) is 0 Å². The molecule has 0 spiro atoms. The van der Waals surface area contributed by atoms with Crippen LogP contribution in [0.1, 0.15) is 30.9 Å². The molecule has 0 aromatic heterocycles. The molecule has 0 radical (unpaired) electrons. The lowest BCUT2D eigenvalue weighted by atomic mass is 9.83. The smallest absolute Gasteiger partial charge is 0.330 e. The maximum atomic E-state index is 13.1. The van der Waals surface area contributed by atoms with Crippen LogP contribution < -0.4 is 0 Å². The van der Waals surface area contributed by atoms with E-state index < -0.39 is 5.97 Å². The number of halogens is 2. The number of Topliss-reactive ketones (excluding diaryl/α,β-unsaturated/α-hetero) is 1. The van der Waals surface area contributed by atoms with Crippen LogP contribution in [0.15, 0.2) is 71.3 Å². The lowest BCUT2D eigenvalue weighted by Gasteiger charge is -2.20. The number of carbonyl (C=O) groups is 2. The molecule has 0 amide bonds. The predicted molar refractivity (Wildman–Crippen MR) is 118 cm³/mol. The molecule has 0 heterocycles. The van der Waals surface area contributed by atoms with Crippen molar-refractivity contribution in [2.75, 3.05) is 6.61 Å². The highest BCUT2D eigenvalue weighted by atomic mass is 35.5. The van der Waals surface area contributed by atoms with Gasteiger partial charge in [-0.1, -0.05) is 53.0 Å². The predicted octanol–water partition coefficient (Wildman–Crippen LogP) is 6.31. The highest BCUT2D eigenvalue weighted by Crippen LogP contribution is 2.32. The van der Waals surface area contributed by atoms with E-state index in [9.17, 15) is 9.59 Å². The van der Waals surface area contributed by atoms with Crippen molar-refractivity contribution in [1.82, 2.24) is 0 Å². The maximum absolute atomic E-state index is 13.1. The Labute approximate surface area is 180 Å². The largest absolute Gasteiger partial charge is 0.463 e. The van der Waals surface area contributed by atoms with Gasteiger partial charge >= 0.3 is 5.97 Å². The third-order valence-electron chi connectivity index (χ3n) is 4.45. The molecule has 1 aliphatic rings. The van der Waals surface area contributed by atoms with Crippen LogP contribution in [0, 0.1) is 0 Å². The van der Waals surface area contributed by atoms with Gasteiger partial charge in [0.05, 0.1) is 6.61 Å². The van der Waals surface area contributed by atoms with E-state index in [2.05, 4.69) is 0 Å². The molecule has 1 aliphatic carbocycles. The first-order valence-electron chi connectivity index (χ1n) is 9.28. The van der Waals surface area contributed by atoms with E-state index in [4.69, 9.17) is 27.9 Å². The molecular weight excluding hydrogens is 407 g/mol. The zero-order valence-corrected chi connectivity index (χ0v) is 17.5. The number of hydrogen-bond acceptors (Lipinski definition) is 3. The van der Waals surface area contributed by atoms with Crippen molar-refractivity contribution in [1.29, 1.82) is 0 Å². The Bertz CT molecular complexity index is 928. The summed E-state index contributed by atoms with van der Waals surface area (Å²) in [6, 6.07) is 14.5. The molecular formula is C24H20Cl2O3. The number of carbonyl (C=O) groups excluding carboxylic acids is 2. The Balaban J connectivity index is 1.98. The first kappa shape index (κ1) is 21.1. The van der Waals surface area contributed by atoms with Gasteiger partial charge in [0.1, 0.15) is 0 Å². The van der Waals surface area contributed by atoms with Crippen molar-refractivity contribution in [2.45, 2.75) is 19.8 Å². The van der Waals surface area contributed by atoms with E-state index in [0.29, 0.717) is 40.6 Å². The van der Waals surface area contributed by atoms with Gasteiger partial charge in [-0.15, -0.1) is 0 Å². The Kier molecular flexibility index (Phi) is 7.08. The van der Waals surface area contributed by atoms with Crippen LogP contribution in [0.2, 0.25) is 10.0 Å². The lowest BCUT2D eigenvalue weighted by Crippen LogP contribution is -2.15. The highest BCUT2D eigenvalue weighted by molar-refractivity contribution is 6.30. The molecule has 1 saturated carbocycles. The average Bonchev–Trinajstić information content (AvgIpc) is 2.69. The first-order chi connectivity index (χ1) is 13.9. The van der Waals surface area contributed by atoms with Gasteiger partial charge in [-0.3, -0.25) is 4.79 Å². The van der Waals surface area contributed by atoms with E-state index in [1.165, 1.54) is 6.08 Å². The summed E-state index contributed by atoms with van der Waals surface area (Å²) < 4.78 is 5.04. The summed E-state index contributed by atoms with van der Waals surface area (Å²) in [6.07, 6.45) is 5.97. The standard InChI is InChI=1S/C24H20Cl2O3/c1-2-29-23(27)15-18-13-19(11-16-3-7-21(25)8-4-16)24(28)20(14-18)12-17-5-9-22(26)10-6-17/h3-12,15H,2,13-14H2,1H3/b19-11+,20-12+. The number of ketones is 1. The summed E-state index contributed by atoms with van der Waals surface area (Å²) >= 11 is 11.9. The molecule has 2 aromatic rings. The summed E-state index contributed by atoms with van der Waals surface area (Å²) in [6.45, 7) is 2.07. The molecule has 3 rings (SSSR count). The SMILES string of the molecule is CCOC(=O)C=C1C/C(=C\c2ccc(Cl)cc2)C(=O)/C(=C/c2ccc(Cl)cc2)C1. The van der Waals surface area contributed by atoms with E-state index >= 15 is 0 Å². The summed E-state index contributed by atoms with van der Waals surface area (Å²) in [5, 5.41) is 1.27. The Morgan fingerprint density at radius 3 is 1.76 bits per heavy atom. The quantitative estimate of drug-likeness (QED) is 0.424. The van der Waals surface area contributed by atoms with Crippen molar-refractivity contribution in [3.05, 3.63) is 92.5 Å². The molecule has 1 fully saturated rings. The minimum absolute atomic E-state index is 0.0316. The molecule has 0 atom stereocenters. The summed E-state index contributed by atoms with van der Waals surface area (Å²) in [4.78, 5) is 25.0. The number of allylic oxidation sites excluding steroid dienone is 3. The topological polar surface area (TPSA) is 43.4 Å². The second kappa shape index (κ2) is 9.73. The van der Waals surface area contributed by atoms with E-state index in [-0.39, 0.29) is 5.78 Å². The van der Waals surface area contributed by atoms with Crippen LogP contribution in [0.3, 0.4) is 0 Å². The third kappa shape index (κ3) is 5.93. The molecule has 5 heteroatoms. The molecule has 29 heavy (non-hydrogen) atoms. The molecule has 0 unspecified atom stereocenters. The molecule has 0 saturated heterocycles. The van der Waals surface area contributed by atoms with Crippen molar-refractivity contribution in [3.63, 3.8) is 0 Å². The third-order valence-corrected chi connectivity index (χ3v) is 4.95. The van der Waals surface area contributed by atoms with Gasteiger partial charge in [0.2, 0.25) is 0 Å². The summed E-state index contributed by atoms with van der Waals surface area (Å²) in [5.41, 5.74) is 3.83. The summed E-state index contributed by atoms with van der Waals surface area (Å²) in [7, 11) is 0. The maximum Gasteiger partial charge on any atom is 0.330 e. The Hall–Kier alpha value is -2.62. The van der Waals surface area contributed by atoms with Crippen LogP contribution >= 0.6 is 23.2 Å². The van der Waals surface area contributed by atoms with Crippen LogP contribution in [0.5, 0.6) is 0 Å². The monoisotopic (exact) mass is 426 g/mol. The lowest BCUT2D eigenvalue weighted by molar-refractivity contribution is -0.137. The second-order valence-corrected chi connectivity index (χ2v) is 7.55. The molecule has 0 N–H and O–H groups in total. The van der Waals surface area contributed by atoms with Crippen LogP contribution in [0.4, 0.5) is 0 Å². The fourth-order valence-corrected chi connectivity index (χ4v) is 3.38. The fourth-order valence-electron chi connectivity index (χ4n) is 3.12. The molecule has 2 aromatic carbocycles. The van der Waals surface area contributed by atoms with Crippen LogP contribution in [-0.4, -0.2) is 18.4 Å². The van der Waals surface area contributed by atoms with Gasteiger partial charge in [0.25, 0.3) is 0 Å². The number of esters is 1. The minimum Gasteiger partial charge on any atom is -0.463 e. The zero-order valence-electron chi connectivity index (χ0n) is 16.0. The minimum atomic E-state index is -0.395. The van der Waals surface area contributed by atoms with Gasteiger partial charge in [-0.2, -0.15) is 0 Å². The van der Waals surface area contributed by atoms with Crippen LogP contribution in [0.25, 0.3) is 12.2 Å². The second-order valence-electron chi connectivity index (χ2n) is 6.68. The van der Waals surface area contributed by atoms with E-state index in [0.717, 1.165) is 16.7 Å². The van der Waals surface area contributed by atoms with E-state index in [1.54, 1.807) is 31.2 Å². The van der Waals surface area contributed by atoms with Crippen molar-refractivity contribution >= 4 is 47.1 Å². The zero-order chi connectivity index (χ0) is 20.8. The average molecular weight is 427 g/mol. The number of hydrogen-bond donors (Lipinski definition) is 0. The van der Waals surface area contributed by atoms with Gasteiger partial charge < -0.3 is 4.74 Å².